The second kappa shape index (κ2) is 4.05. The maximum atomic E-state index is 12.6. The van der Waals surface area contributed by atoms with Gasteiger partial charge in [-0.1, -0.05) is 37.3 Å². The SMILES string of the molecule is CCc1ccc(N)c2c1C(=O)c1ccccc1C2=O. The van der Waals surface area contributed by atoms with Gasteiger partial charge in [0.25, 0.3) is 0 Å². The van der Waals surface area contributed by atoms with Gasteiger partial charge in [-0.05, 0) is 18.1 Å². The molecule has 0 bridgehead atoms. The summed E-state index contributed by atoms with van der Waals surface area (Å²) >= 11 is 0. The number of ketones is 2. The van der Waals surface area contributed by atoms with Gasteiger partial charge in [-0.15, -0.1) is 0 Å². The first-order valence-corrected chi connectivity index (χ1v) is 6.25. The standard InChI is InChI=1S/C16H13NO2/c1-2-9-7-8-12(17)14-13(9)15(18)10-5-3-4-6-11(10)16(14)19/h3-8H,2,17H2,1H3. The van der Waals surface area contributed by atoms with E-state index < -0.39 is 0 Å². The number of rotatable bonds is 1. The van der Waals surface area contributed by atoms with Crippen molar-refractivity contribution in [1.29, 1.82) is 0 Å². The number of benzene rings is 2. The predicted molar refractivity (Wildman–Crippen MR) is 73.5 cm³/mol. The Labute approximate surface area is 111 Å². The molecule has 1 aliphatic carbocycles. The van der Waals surface area contributed by atoms with Crippen LogP contribution in [-0.2, 0) is 6.42 Å². The van der Waals surface area contributed by atoms with Crippen molar-refractivity contribution in [2.75, 3.05) is 5.73 Å². The number of anilines is 1. The van der Waals surface area contributed by atoms with E-state index in [9.17, 15) is 9.59 Å². The highest BCUT2D eigenvalue weighted by Gasteiger charge is 2.32. The molecule has 1 aliphatic rings. The van der Waals surface area contributed by atoms with Gasteiger partial charge in [-0.25, -0.2) is 0 Å². The van der Waals surface area contributed by atoms with E-state index in [1.165, 1.54) is 0 Å². The summed E-state index contributed by atoms with van der Waals surface area (Å²) in [5.41, 5.74) is 8.91. The van der Waals surface area contributed by atoms with Crippen LogP contribution in [-0.4, -0.2) is 11.6 Å². The van der Waals surface area contributed by atoms with E-state index in [1.54, 1.807) is 30.3 Å². The van der Waals surface area contributed by atoms with Crippen molar-refractivity contribution in [3.8, 4) is 0 Å². The molecule has 2 aromatic rings. The third kappa shape index (κ3) is 1.51. The molecule has 19 heavy (non-hydrogen) atoms. The first-order chi connectivity index (χ1) is 9.15. The van der Waals surface area contributed by atoms with E-state index in [-0.39, 0.29) is 11.6 Å². The second-order valence-electron chi connectivity index (χ2n) is 4.62. The Morgan fingerprint density at radius 3 is 2.05 bits per heavy atom. The second-order valence-corrected chi connectivity index (χ2v) is 4.62. The van der Waals surface area contributed by atoms with Crippen molar-refractivity contribution in [3.05, 3.63) is 64.2 Å². The Balaban J connectivity index is 2.38. The summed E-state index contributed by atoms with van der Waals surface area (Å²) < 4.78 is 0. The largest absolute Gasteiger partial charge is 0.398 e. The van der Waals surface area contributed by atoms with Crippen LogP contribution in [0.3, 0.4) is 0 Å². The molecule has 0 radical (unpaired) electrons. The van der Waals surface area contributed by atoms with Gasteiger partial charge in [0.2, 0.25) is 0 Å². The highest BCUT2D eigenvalue weighted by atomic mass is 16.1. The Bertz CT molecular complexity index is 717. The molecule has 3 rings (SSSR count). The van der Waals surface area contributed by atoms with Crippen LogP contribution in [0.25, 0.3) is 0 Å². The molecule has 0 atom stereocenters. The lowest BCUT2D eigenvalue weighted by molar-refractivity contribution is 0.0979. The molecule has 0 aliphatic heterocycles. The van der Waals surface area contributed by atoms with Crippen molar-refractivity contribution < 1.29 is 9.59 Å². The van der Waals surface area contributed by atoms with E-state index in [0.29, 0.717) is 34.4 Å². The maximum absolute atomic E-state index is 12.6. The minimum atomic E-state index is -0.155. The molecule has 94 valence electrons. The highest BCUT2D eigenvalue weighted by molar-refractivity contribution is 6.30. The lowest BCUT2D eigenvalue weighted by Crippen LogP contribution is -2.23. The number of hydrogen-bond donors (Lipinski definition) is 1. The van der Waals surface area contributed by atoms with Gasteiger partial charge >= 0.3 is 0 Å². The number of carbonyl (C=O) groups excluding carboxylic acids is 2. The molecule has 3 heteroatoms. The summed E-state index contributed by atoms with van der Waals surface area (Å²) in [6.07, 6.45) is 0.698. The zero-order chi connectivity index (χ0) is 13.6. The van der Waals surface area contributed by atoms with Crippen molar-refractivity contribution in [2.45, 2.75) is 13.3 Å². The van der Waals surface area contributed by atoms with Crippen LogP contribution in [0.15, 0.2) is 36.4 Å². The quantitative estimate of drug-likeness (QED) is 0.676. The van der Waals surface area contributed by atoms with Crippen LogP contribution in [0.4, 0.5) is 5.69 Å². The van der Waals surface area contributed by atoms with E-state index in [4.69, 9.17) is 5.73 Å². The minimum Gasteiger partial charge on any atom is -0.398 e. The fourth-order valence-electron chi connectivity index (χ4n) is 2.61. The van der Waals surface area contributed by atoms with E-state index in [0.717, 1.165) is 5.56 Å². The van der Waals surface area contributed by atoms with Crippen molar-refractivity contribution in [3.63, 3.8) is 0 Å². The molecule has 0 heterocycles. The third-order valence-electron chi connectivity index (χ3n) is 3.58. The van der Waals surface area contributed by atoms with Gasteiger partial charge in [0, 0.05) is 22.4 Å². The van der Waals surface area contributed by atoms with Crippen molar-refractivity contribution >= 4 is 17.3 Å². The fraction of sp³-hybridized carbons (Fsp3) is 0.125. The molecule has 0 spiro atoms. The predicted octanol–water partition coefficient (Wildman–Crippen LogP) is 2.61. The Morgan fingerprint density at radius 1 is 0.895 bits per heavy atom. The smallest absolute Gasteiger partial charge is 0.196 e. The number of nitrogens with two attached hydrogens (primary N) is 1. The molecule has 2 N–H and O–H groups in total. The van der Waals surface area contributed by atoms with Gasteiger partial charge in [0.15, 0.2) is 11.6 Å². The van der Waals surface area contributed by atoms with Gasteiger partial charge in [0.05, 0.1) is 5.56 Å². The maximum Gasteiger partial charge on any atom is 0.196 e. The lowest BCUT2D eigenvalue weighted by atomic mass is 9.80. The summed E-state index contributed by atoms with van der Waals surface area (Å²) in [4.78, 5) is 25.1. The first-order valence-electron chi connectivity index (χ1n) is 6.25. The number of fused-ring (bicyclic) bond motifs is 2. The van der Waals surface area contributed by atoms with Crippen LogP contribution in [0.2, 0.25) is 0 Å². The zero-order valence-corrected chi connectivity index (χ0v) is 10.6. The fourth-order valence-corrected chi connectivity index (χ4v) is 2.61. The van der Waals surface area contributed by atoms with Crippen LogP contribution in [0.5, 0.6) is 0 Å². The summed E-state index contributed by atoms with van der Waals surface area (Å²) in [7, 11) is 0. The molecule has 0 fully saturated rings. The van der Waals surface area contributed by atoms with Crippen LogP contribution >= 0.6 is 0 Å². The molecule has 3 nitrogen and oxygen atoms in total. The van der Waals surface area contributed by atoms with Crippen LogP contribution < -0.4 is 5.73 Å². The highest BCUT2D eigenvalue weighted by Crippen LogP contribution is 2.33. The number of aryl methyl sites for hydroxylation is 1. The summed E-state index contributed by atoms with van der Waals surface area (Å²) in [6.45, 7) is 1.96. The topological polar surface area (TPSA) is 60.2 Å². The normalized spacial score (nSPS) is 13.1. The average molecular weight is 251 g/mol. The van der Waals surface area contributed by atoms with Crippen molar-refractivity contribution in [2.24, 2.45) is 0 Å². The molecular formula is C16H13NO2. The molecule has 2 aromatic carbocycles. The number of hydrogen-bond acceptors (Lipinski definition) is 3. The van der Waals surface area contributed by atoms with Gasteiger partial charge in [-0.2, -0.15) is 0 Å². The van der Waals surface area contributed by atoms with Gasteiger partial charge in [0.1, 0.15) is 0 Å². The average Bonchev–Trinajstić information content (AvgIpc) is 2.44. The number of carbonyl (C=O) groups is 2. The molecule has 0 aromatic heterocycles. The first kappa shape index (κ1) is 11.7. The molecule has 0 unspecified atom stereocenters. The summed E-state index contributed by atoms with van der Waals surface area (Å²) in [6, 6.07) is 10.4. The monoisotopic (exact) mass is 251 g/mol. The van der Waals surface area contributed by atoms with E-state index >= 15 is 0 Å². The van der Waals surface area contributed by atoms with E-state index in [1.807, 2.05) is 13.0 Å². The van der Waals surface area contributed by atoms with Crippen LogP contribution in [0.1, 0.15) is 44.3 Å². The minimum absolute atomic E-state index is 0.102. The summed E-state index contributed by atoms with van der Waals surface area (Å²) in [5, 5.41) is 0. The van der Waals surface area contributed by atoms with Crippen LogP contribution in [0, 0.1) is 0 Å². The number of nitrogen functional groups attached to an aromatic ring is 1. The third-order valence-corrected chi connectivity index (χ3v) is 3.58. The molecule has 0 saturated heterocycles. The molecule has 0 amide bonds. The molecule has 0 saturated carbocycles. The zero-order valence-electron chi connectivity index (χ0n) is 10.6. The molecular weight excluding hydrogens is 238 g/mol. The van der Waals surface area contributed by atoms with Gasteiger partial charge < -0.3 is 5.73 Å². The van der Waals surface area contributed by atoms with E-state index in [2.05, 4.69) is 0 Å². The van der Waals surface area contributed by atoms with Crippen molar-refractivity contribution in [1.82, 2.24) is 0 Å². The Hall–Kier alpha value is -2.42. The Morgan fingerprint density at radius 2 is 1.47 bits per heavy atom. The summed E-state index contributed by atoms with van der Waals surface area (Å²) in [5.74, 6) is -0.257. The van der Waals surface area contributed by atoms with Gasteiger partial charge in [-0.3, -0.25) is 9.59 Å². The lowest BCUT2D eigenvalue weighted by Gasteiger charge is -2.21. The Kier molecular flexibility index (Phi) is 2.49.